The molecule has 0 aliphatic heterocycles. The van der Waals surface area contributed by atoms with Gasteiger partial charge in [0.05, 0.1) is 22.5 Å². The van der Waals surface area contributed by atoms with E-state index in [1.165, 1.54) is 25.3 Å². The molecule has 30 heavy (non-hydrogen) atoms. The van der Waals surface area contributed by atoms with Crippen LogP contribution in [0.25, 0.3) is 0 Å². The van der Waals surface area contributed by atoms with Gasteiger partial charge in [-0.05, 0) is 39.3 Å². The van der Waals surface area contributed by atoms with Gasteiger partial charge >= 0.3 is 5.97 Å². The van der Waals surface area contributed by atoms with Crippen molar-refractivity contribution in [2.24, 2.45) is 0 Å². The fraction of sp³-hybridized carbons (Fsp3) is 0.350. The van der Waals surface area contributed by atoms with E-state index in [0.29, 0.717) is 29.1 Å². The molecule has 10 heteroatoms. The van der Waals surface area contributed by atoms with Gasteiger partial charge in [0.25, 0.3) is 17.5 Å². The highest BCUT2D eigenvalue weighted by atomic mass is 32.1. The first kappa shape index (κ1) is 23.0. The summed E-state index contributed by atoms with van der Waals surface area (Å²) in [5.74, 6) is -1.57. The maximum Gasteiger partial charge on any atom is 0.341 e. The number of amides is 2. The molecule has 0 saturated heterocycles. The second kappa shape index (κ2) is 9.49. The van der Waals surface area contributed by atoms with Crippen molar-refractivity contribution in [3.8, 4) is 0 Å². The minimum atomic E-state index is -0.687. The van der Waals surface area contributed by atoms with Crippen LogP contribution < -0.4 is 5.32 Å². The zero-order valence-electron chi connectivity index (χ0n) is 17.4. The number of ether oxygens (including phenoxy) is 1. The lowest BCUT2D eigenvalue weighted by Gasteiger charge is -2.17. The lowest BCUT2D eigenvalue weighted by Crippen LogP contribution is -2.30. The molecule has 2 amide bonds. The average molecular weight is 433 g/mol. The number of rotatable bonds is 7. The molecular formula is C20H23N3O6S. The zero-order chi connectivity index (χ0) is 22.6. The van der Waals surface area contributed by atoms with Crippen LogP contribution in [0.4, 0.5) is 10.7 Å². The number of nitro groups is 1. The topological polar surface area (TPSA) is 119 Å². The standard InChI is InChI=1S/C20H23N3O6S/c1-6-22(7-2)19(25)16-12(4)15(20(26)29-5)18(30-16)21-17(24)13-9-8-11(3)14(10-13)23(27)28/h8-10H,6-7H2,1-5H3,(H,21,24). The van der Waals surface area contributed by atoms with Crippen LogP contribution in [0.3, 0.4) is 0 Å². The Labute approximate surface area is 177 Å². The Hall–Kier alpha value is -3.27. The summed E-state index contributed by atoms with van der Waals surface area (Å²) in [5, 5.41) is 13.9. The number of nitro benzene ring substituents is 1. The average Bonchev–Trinajstić information content (AvgIpc) is 3.03. The molecular weight excluding hydrogens is 410 g/mol. The molecule has 0 saturated carbocycles. The Kier molecular flexibility index (Phi) is 7.28. The summed E-state index contributed by atoms with van der Waals surface area (Å²) in [5.41, 5.74) is 0.800. The summed E-state index contributed by atoms with van der Waals surface area (Å²) in [6.45, 7) is 7.87. The number of carbonyl (C=O) groups excluding carboxylic acids is 3. The molecule has 1 heterocycles. The van der Waals surface area contributed by atoms with Gasteiger partial charge in [0, 0.05) is 30.3 Å². The first-order chi connectivity index (χ1) is 14.2. The van der Waals surface area contributed by atoms with Crippen LogP contribution in [0.1, 0.15) is 55.4 Å². The van der Waals surface area contributed by atoms with Crippen LogP contribution in [0.15, 0.2) is 18.2 Å². The van der Waals surface area contributed by atoms with Gasteiger partial charge in [0.15, 0.2) is 0 Å². The van der Waals surface area contributed by atoms with E-state index < -0.39 is 16.8 Å². The van der Waals surface area contributed by atoms with Crippen LogP contribution in [0.5, 0.6) is 0 Å². The number of thiophene rings is 1. The number of methoxy groups -OCH3 is 1. The van der Waals surface area contributed by atoms with Crippen molar-refractivity contribution in [3.63, 3.8) is 0 Å². The molecule has 160 valence electrons. The van der Waals surface area contributed by atoms with Gasteiger partial charge in [-0.3, -0.25) is 19.7 Å². The third kappa shape index (κ3) is 4.48. The van der Waals surface area contributed by atoms with Crippen molar-refractivity contribution >= 4 is 39.8 Å². The summed E-state index contributed by atoms with van der Waals surface area (Å²) in [6.07, 6.45) is 0. The highest BCUT2D eigenvalue weighted by Crippen LogP contribution is 2.35. The molecule has 2 rings (SSSR count). The number of benzene rings is 1. The molecule has 0 atom stereocenters. The van der Waals surface area contributed by atoms with Gasteiger partial charge in [-0.15, -0.1) is 11.3 Å². The van der Waals surface area contributed by atoms with E-state index >= 15 is 0 Å². The van der Waals surface area contributed by atoms with E-state index in [1.807, 2.05) is 13.8 Å². The summed E-state index contributed by atoms with van der Waals surface area (Å²) < 4.78 is 4.82. The Morgan fingerprint density at radius 3 is 2.37 bits per heavy atom. The molecule has 1 aromatic carbocycles. The molecule has 2 aromatic rings. The van der Waals surface area contributed by atoms with Gasteiger partial charge in [0.2, 0.25) is 0 Å². The van der Waals surface area contributed by atoms with Crippen molar-refractivity contribution in [2.75, 3.05) is 25.5 Å². The number of anilines is 1. The molecule has 0 bridgehead atoms. The first-order valence-corrected chi connectivity index (χ1v) is 10.0. The summed E-state index contributed by atoms with van der Waals surface area (Å²) in [6, 6.07) is 4.10. The quantitative estimate of drug-likeness (QED) is 0.403. The van der Waals surface area contributed by atoms with Crippen LogP contribution in [0, 0.1) is 24.0 Å². The molecule has 0 spiro atoms. The van der Waals surface area contributed by atoms with Crippen molar-refractivity contribution in [2.45, 2.75) is 27.7 Å². The highest BCUT2D eigenvalue weighted by Gasteiger charge is 2.28. The SMILES string of the molecule is CCN(CC)C(=O)c1sc(NC(=O)c2ccc(C)c([N+](=O)[O-])c2)c(C(=O)OC)c1C. The monoisotopic (exact) mass is 433 g/mol. The lowest BCUT2D eigenvalue weighted by atomic mass is 10.1. The fourth-order valence-electron chi connectivity index (χ4n) is 2.93. The first-order valence-electron chi connectivity index (χ1n) is 9.23. The Morgan fingerprint density at radius 2 is 1.83 bits per heavy atom. The van der Waals surface area contributed by atoms with Crippen molar-refractivity contribution in [1.82, 2.24) is 4.90 Å². The number of esters is 1. The van der Waals surface area contributed by atoms with Gasteiger partial charge < -0.3 is 15.0 Å². The summed E-state index contributed by atoms with van der Waals surface area (Å²) in [4.78, 5) is 50.4. The number of nitrogens with one attached hydrogen (secondary N) is 1. The molecule has 0 fully saturated rings. The molecule has 0 aliphatic rings. The maximum absolute atomic E-state index is 12.8. The van der Waals surface area contributed by atoms with Crippen molar-refractivity contribution in [3.05, 3.63) is 55.4 Å². The van der Waals surface area contributed by atoms with Gasteiger partial charge in [-0.1, -0.05) is 6.07 Å². The largest absolute Gasteiger partial charge is 0.465 e. The van der Waals surface area contributed by atoms with Gasteiger partial charge in [-0.25, -0.2) is 4.79 Å². The third-order valence-corrected chi connectivity index (χ3v) is 5.87. The number of hydrogen-bond donors (Lipinski definition) is 1. The number of nitrogens with zero attached hydrogens (tertiary/aromatic N) is 2. The predicted octanol–water partition coefficient (Wildman–Crippen LogP) is 3.79. The molecule has 0 aliphatic carbocycles. The minimum absolute atomic E-state index is 0.0609. The normalized spacial score (nSPS) is 10.4. The van der Waals surface area contributed by atoms with Crippen LogP contribution >= 0.6 is 11.3 Å². The lowest BCUT2D eigenvalue weighted by molar-refractivity contribution is -0.385. The van der Waals surface area contributed by atoms with E-state index in [0.717, 1.165) is 11.3 Å². The van der Waals surface area contributed by atoms with E-state index in [-0.39, 0.29) is 27.7 Å². The van der Waals surface area contributed by atoms with E-state index in [4.69, 9.17) is 4.74 Å². The maximum atomic E-state index is 12.8. The smallest absolute Gasteiger partial charge is 0.341 e. The Bertz CT molecular complexity index is 1010. The summed E-state index contributed by atoms with van der Waals surface area (Å²) >= 11 is 0.976. The second-order valence-electron chi connectivity index (χ2n) is 6.44. The molecule has 9 nitrogen and oxygen atoms in total. The molecule has 0 unspecified atom stereocenters. The fourth-order valence-corrected chi connectivity index (χ4v) is 4.09. The zero-order valence-corrected chi connectivity index (χ0v) is 18.2. The predicted molar refractivity (Wildman–Crippen MR) is 113 cm³/mol. The van der Waals surface area contributed by atoms with Crippen molar-refractivity contribution < 1.29 is 24.0 Å². The van der Waals surface area contributed by atoms with E-state index in [9.17, 15) is 24.5 Å². The van der Waals surface area contributed by atoms with Crippen LogP contribution in [-0.2, 0) is 4.74 Å². The number of carbonyl (C=O) groups is 3. The second-order valence-corrected chi connectivity index (χ2v) is 7.46. The number of hydrogen-bond acceptors (Lipinski definition) is 7. The van der Waals surface area contributed by atoms with Crippen LogP contribution in [0.2, 0.25) is 0 Å². The van der Waals surface area contributed by atoms with E-state index in [2.05, 4.69) is 5.32 Å². The third-order valence-electron chi connectivity index (χ3n) is 4.68. The molecule has 0 radical (unpaired) electrons. The summed E-state index contributed by atoms with van der Waals surface area (Å²) in [7, 11) is 1.21. The van der Waals surface area contributed by atoms with Crippen LogP contribution in [-0.4, -0.2) is 47.8 Å². The van der Waals surface area contributed by atoms with Crippen molar-refractivity contribution in [1.29, 1.82) is 0 Å². The number of aryl methyl sites for hydroxylation is 1. The minimum Gasteiger partial charge on any atom is -0.465 e. The Morgan fingerprint density at radius 1 is 1.20 bits per heavy atom. The van der Waals surface area contributed by atoms with Gasteiger partial charge in [0.1, 0.15) is 5.00 Å². The molecule has 1 N–H and O–H groups in total. The van der Waals surface area contributed by atoms with E-state index in [1.54, 1.807) is 18.7 Å². The molecule has 1 aromatic heterocycles. The van der Waals surface area contributed by atoms with Gasteiger partial charge in [-0.2, -0.15) is 0 Å². The highest BCUT2D eigenvalue weighted by molar-refractivity contribution is 7.18. The Balaban J connectivity index is 2.48.